The van der Waals surface area contributed by atoms with Gasteiger partial charge in [0.15, 0.2) is 0 Å². The maximum atomic E-state index is 11.3. The fourth-order valence-electron chi connectivity index (χ4n) is 1.76. The zero-order valence-corrected chi connectivity index (χ0v) is 10.8. The van der Waals surface area contributed by atoms with Crippen LogP contribution in [0.3, 0.4) is 0 Å². The van der Waals surface area contributed by atoms with Crippen molar-refractivity contribution in [1.29, 1.82) is 0 Å². The summed E-state index contributed by atoms with van der Waals surface area (Å²) in [6.45, 7) is 3.64. The van der Waals surface area contributed by atoms with Crippen molar-refractivity contribution in [3.05, 3.63) is 0 Å². The average Bonchev–Trinajstić information content (AvgIpc) is 2.26. The molecular formula is C13H24O3. The fraction of sp³-hybridized carbons (Fsp3) is 0.846. The maximum Gasteiger partial charge on any atom is 0.316 e. The van der Waals surface area contributed by atoms with Gasteiger partial charge in [-0.15, -0.1) is 0 Å². The van der Waals surface area contributed by atoms with Crippen LogP contribution >= 0.6 is 0 Å². The summed E-state index contributed by atoms with van der Waals surface area (Å²) in [5, 5.41) is 0. The predicted molar refractivity (Wildman–Crippen MR) is 64.2 cm³/mol. The van der Waals surface area contributed by atoms with E-state index in [9.17, 15) is 9.59 Å². The van der Waals surface area contributed by atoms with E-state index in [2.05, 4.69) is 11.7 Å². The monoisotopic (exact) mass is 228 g/mol. The van der Waals surface area contributed by atoms with Crippen molar-refractivity contribution in [3.8, 4) is 0 Å². The molecule has 0 aliphatic rings. The van der Waals surface area contributed by atoms with Crippen LogP contribution in [0.2, 0.25) is 0 Å². The smallest absolute Gasteiger partial charge is 0.316 e. The Morgan fingerprint density at radius 2 is 1.62 bits per heavy atom. The van der Waals surface area contributed by atoms with Crippen LogP contribution < -0.4 is 0 Å². The van der Waals surface area contributed by atoms with Crippen LogP contribution in [0.1, 0.15) is 58.8 Å². The van der Waals surface area contributed by atoms with Gasteiger partial charge in [-0.1, -0.05) is 45.4 Å². The minimum Gasteiger partial charge on any atom is -0.468 e. The zero-order chi connectivity index (χ0) is 12.4. The lowest BCUT2D eigenvalue weighted by Crippen LogP contribution is -2.23. The van der Waals surface area contributed by atoms with Gasteiger partial charge in [-0.2, -0.15) is 0 Å². The SMILES string of the molecule is CCCCCCCCC(C(C)=O)C(=O)OC. The van der Waals surface area contributed by atoms with Crippen molar-refractivity contribution in [1.82, 2.24) is 0 Å². The van der Waals surface area contributed by atoms with Gasteiger partial charge in [-0.05, 0) is 13.3 Å². The summed E-state index contributed by atoms with van der Waals surface area (Å²) in [7, 11) is 1.33. The van der Waals surface area contributed by atoms with Crippen molar-refractivity contribution in [2.75, 3.05) is 7.11 Å². The lowest BCUT2D eigenvalue weighted by molar-refractivity contribution is -0.149. The first-order chi connectivity index (χ1) is 7.63. The number of unbranched alkanes of at least 4 members (excludes halogenated alkanes) is 5. The van der Waals surface area contributed by atoms with E-state index in [1.807, 2.05) is 0 Å². The Labute approximate surface area is 98.6 Å². The molecule has 0 heterocycles. The number of esters is 1. The Hall–Kier alpha value is -0.860. The number of hydrogen-bond donors (Lipinski definition) is 0. The zero-order valence-electron chi connectivity index (χ0n) is 10.8. The van der Waals surface area contributed by atoms with Gasteiger partial charge in [-0.25, -0.2) is 0 Å². The van der Waals surface area contributed by atoms with Gasteiger partial charge < -0.3 is 4.74 Å². The van der Waals surface area contributed by atoms with E-state index in [1.54, 1.807) is 0 Å². The highest BCUT2D eigenvalue weighted by molar-refractivity contribution is 5.97. The Morgan fingerprint density at radius 1 is 1.06 bits per heavy atom. The number of methoxy groups -OCH3 is 1. The van der Waals surface area contributed by atoms with Crippen molar-refractivity contribution >= 4 is 11.8 Å². The molecule has 94 valence electrons. The highest BCUT2D eigenvalue weighted by Gasteiger charge is 2.23. The van der Waals surface area contributed by atoms with Crippen LogP contribution in [0.4, 0.5) is 0 Å². The van der Waals surface area contributed by atoms with E-state index in [0.717, 1.165) is 12.8 Å². The fourth-order valence-corrected chi connectivity index (χ4v) is 1.76. The van der Waals surface area contributed by atoms with E-state index >= 15 is 0 Å². The number of ether oxygens (including phenoxy) is 1. The molecule has 0 aliphatic heterocycles. The standard InChI is InChI=1S/C13H24O3/c1-4-5-6-7-8-9-10-12(11(2)14)13(15)16-3/h12H,4-10H2,1-3H3. The molecule has 0 aromatic rings. The molecule has 0 aromatic heterocycles. The van der Waals surface area contributed by atoms with E-state index in [4.69, 9.17) is 0 Å². The van der Waals surface area contributed by atoms with Crippen LogP contribution in [0.15, 0.2) is 0 Å². The van der Waals surface area contributed by atoms with Crippen molar-refractivity contribution in [3.63, 3.8) is 0 Å². The molecule has 0 amide bonds. The summed E-state index contributed by atoms with van der Waals surface area (Å²) >= 11 is 0. The summed E-state index contributed by atoms with van der Waals surface area (Å²) in [5.74, 6) is -1.02. The Morgan fingerprint density at radius 3 is 2.12 bits per heavy atom. The second kappa shape index (κ2) is 9.37. The van der Waals surface area contributed by atoms with E-state index < -0.39 is 5.92 Å². The summed E-state index contributed by atoms with van der Waals surface area (Å²) in [5.41, 5.74) is 0. The number of Topliss-reactive ketones (excluding diaryl/α,β-unsaturated/α-hetero) is 1. The number of carbonyl (C=O) groups is 2. The van der Waals surface area contributed by atoms with E-state index in [1.165, 1.54) is 39.7 Å². The predicted octanol–water partition coefficient (Wildman–Crippen LogP) is 3.12. The molecule has 0 N–H and O–H groups in total. The van der Waals surface area contributed by atoms with Gasteiger partial charge in [0.05, 0.1) is 7.11 Å². The quantitative estimate of drug-likeness (QED) is 0.346. The van der Waals surface area contributed by atoms with Gasteiger partial charge in [0, 0.05) is 0 Å². The summed E-state index contributed by atoms with van der Waals surface area (Å²) < 4.78 is 4.61. The Kier molecular flexibility index (Phi) is 8.87. The molecule has 0 rings (SSSR count). The molecule has 16 heavy (non-hydrogen) atoms. The molecular weight excluding hydrogens is 204 g/mol. The van der Waals surface area contributed by atoms with Gasteiger partial charge in [0.2, 0.25) is 0 Å². The van der Waals surface area contributed by atoms with Gasteiger partial charge in [0.25, 0.3) is 0 Å². The maximum absolute atomic E-state index is 11.3. The summed E-state index contributed by atoms with van der Waals surface area (Å²) in [4.78, 5) is 22.5. The molecule has 0 radical (unpaired) electrons. The number of ketones is 1. The molecule has 0 saturated heterocycles. The first-order valence-corrected chi connectivity index (χ1v) is 6.21. The van der Waals surface area contributed by atoms with Gasteiger partial charge in [0.1, 0.15) is 11.7 Å². The summed E-state index contributed by atoms with van der Waals surface area (Å²) in [6.07, 6.45) is 7.61. The van der Waals surface area contributed by atoms with Crippen LogP contribution in [-0.2, 0) is 14.3 Å². The molecule has 0 aromatic carbocycles. The number of hydrogen-bond acceptors (Lipinski definition) is 3. The van der Waals surface area contributed by atoms with E-state index in [0.29, 0.717) is 6.42 Å². The topological polar surface area (TPSA) is 43.4 Å². The molecule has 3 nitrogen and oxygen atoms in total. The Balaban J connectivity index is 3.69. The normalized spacial score (nSPS) is 12.2. The largest absolute Gasteiger partial charge is 0.468 e. The van der Waals surface area contributed by atoms with Crippen molar-refractivity contribution in [2.24, 2.45) is 5.92 Å². The van der Waals surface area contributed by atoms with Gasteiger partial charge in [-0.3, -0.25) is 9.59 Å². The number of rotatable bonds is 9. The van der Waals surface area contributed by atoms with Crippen molar-refractivity contribution < 1.29 is 14.3 Å². The van der Waals surface area contributed by atoms with Crippen LogP contribution in [0, 0.1) is 5.92 Å². The third kappa shape index (κ3) is 6.59. The van der Waals surface area contributed by atoms with E-state index in [-0.39, 0.29) is 11.8 Å². The van der Waals surface area contributed by atoms with Crippen LogP contribution in [-0.4, -0.2) is 18.9 Å². The lowest BCUT2D eigenvalue weighted by Gasteiger charge is -2.10. The highest BCUT2D eigenvalue weighted by atomic mass is 16.5. The second-order valence-electron chi connectivity index (χ2n) is 4.24. The van der Waals surface area contributed by atoms with Crippen LogP contribution in [0.25, 0.3) is 0 Å². The molecule has 1 unspecified atom stereocenters. The molecule has 0 aliphatic carbocycles. The first kappa shape index (κ1) is 15.1. The minimum absolute atomic E-state index is 0.0830. The Bertz CT molecular complexity index is 211. The molecule has 3 heteroatoms. The van der Waals surface area contributed by atoms with Crippen LogP contribution in [0.5, 0.6) is 0 Å². The third-order valence-corrected chi connectivity index (χ3v) is 2.82. The highest BCUT2D eigenvalue weighted by Crippen LogP contribution is 2.14. The molecule has 0 spiro atoms. The first-order valence-electron chi connectivity index (χ1n) is 6.21. The molecule has 0 bridgehead atoms. The summed E-state index contributed by atoms with van der Waals surface area (Å²) in [6, 6.07) is 0. The second-order valence-corrected chi connectivity index (χ2v) is 4.24. The van der Waals surface area contributed by atoms with Crippen molar-refractivity contribution in [2.45, 2.75) is 58.8 Å². The lowest BCUT2D eigenvalue weighted by atomic mass is 9.97. The van der Waals surface area contributed by atoms with Gasteiger partial charge >= 0.3 is 5.97 Å². The molecule has 0 fully saturated rings. The molecule has 0 saturated carbocycles. The molecule has 1 atom stereocenters. The average molecular weight is 228 g/mol. The minimum atomic E-state index is -0.545. The third-order valence-electron chi connectivity index (χ3n) is 2.82. The number of carbonyl (C=O) groups excluding carboxylic acids is 2.